The average molecular weight is 337 g/mol. The van der Waals surface area contributed by atoms with Crippen LogP contribution in [0.5, 0.6) is 0 Å². The second-order valence-electron chi connectivity index (χ2n) is 5.78. The Morgan fingerprint density at radius 2 is 2.14 bits per heavy atom. The van der Waals surface area contributed by atoms with Gasteiger partial charge in [0.25, 0.3) is 0 Å². The molecule has 2 aliphatic heterocycles. The molecular weight excluding hydrogens is 318 g/mol. The van der Waals surface area contributed by atoms with Crippen LogP contribution in [0.4, 0.5) is 5.13 Å². The monoisotopic (exact) mass is 337 g/mol. The van der Waals surface area contributed by atoms with Crippen LogP contribution in [0.15, 0.2) is 6.20 Å². The third-order valence-corrected chi connectivity index (χ3v) is 6.16. The molecule has 118 valence electrons. The van der Waals surface area contributed by atoms with Crippen LogP contribution in [0.2, 0.25) is 0 Å². The van der Waals surface area contributed by atoms with E-state index in [1.165, 1.54) is 0 Å². The molecule has 0 radical (unpaired) electrons. The molecule has 0 N–H and O–H groups in total. The lowest BCUT2D eigenvalue weighted by Gasteiger charge is -2.32. The van der Waals surface area contributed by atoms with Gasteiger partial charge in [-0.15, -0.1) is 5.10 Å². The maximum atomic E-state index is 12.8. The van der Waals surface area contributed by atoms with Gasteiger partial charge in [-0.05, 0) is 19.8 Å². The minimum absolute atomic E-state index is 0.0416. The Kier molecular flexibility index (Phi) is 3.73. The third kappa shape index (κ3) is 2.48. The van der Waals surface area contributed by atoms with Crippen molar-refractivity contribution in [2.24, 2.45) is 0 Å². The molecule has 0 unspecified atom stereocenters. The highest BCUT2D eigenvalue weighted by Crippen LogP contribution is 2.31. The zero-order valence-electron chi connectivity index (χ0n) is 12.6. The fourth-order valence-electron chi connectivity index (χ4n) is 3.16. The van der Waals surface area contributed by atoms with Crippen molar-refractivity contribution in [2.45, 2.75) is 25.8 Å². The van der Waals surface area contributed by atoms with Crippen LogP contribution in [-0.2, 0) is 4.79 Å². The number of thioether (sulfide) groups is 1. The molecular formula is C14H19N5OS2. The number of aryl methyl sites for hydroxylation is 1. The molecule has 1 amide bonds. The summed E-state index contributed by atoms with van der Waals surface area (Å²) in [6.45, 7) is 4.65. The van der Waals surface area contributed by atoms with Crippen LogP contribution in [-0.4, -0.2) is 62.6 Å². The largest absolute Gasteiger partial charge is 0.339 e. The number of aromatic nitrogens is 3. The van der Waals surface area contributed by atoms with Gasteiger partial charge in [0, 0.05) is 31.1 Å². The minimum atomic E-state index is -0.0416. The SMILES string of the molecule is Cc1cn2nc(N3CCC[C@@H]3C(=O)N3CCSCC3)sc2n1. The zero-order chi connectivity index (χ0) is 15.1. The Hall–Kier alpha value is -1.28. The van der Waals surface area contributed by atoms with Crippen LogP contribution >= 0.6 is 23.1 Å². The van der Waals surface area contributed by atoms with Gasteiger partial charge in [0.05, 0.1) is 11.9 Å². The fourth-order valence-corrected chi connectivity index (χ4v) is 5.07. The minimum Gasteiger partial charge on any atom is -0.339 e. The number of carbonyl (C=O) groups excluding carboxylic acids is 1. The zero-order valence-corrected chi connectivity index (χ0v) is 14.2. The van der Waals surface area contributed by atoms with Crippen molar-refractivity contribution in [2.75, 3.05) is 36.0 Å². The van der Waals surface area contributed by atoms with Gasteiger partial charge in [0.2, 0.25) is 16.0 Å². The summed E-state index contributed by atoms with van der Waals surface area (Å²) in [5.74, 6) is 2.40. The first-order valence-electron chi connectivity index (χ1n) is 7.68. The predicted octanol–water partition coefficient (Wildman–Crippen LogP) is 1.64. The maximum Gasteiger partial charge on any atom is 0.245 e. The average Bonchev–Trinajstić information content (AvgIpc) is 3.20. The Balaban J connectivity index is 1.56. The molecule has 6 nitrogen and oxygen atoms in total. The van der Waals surface area contributed by atoms with Crippen LogP contribution in [0, 0.1) is 6.92 Å². The lowest BCUT2D eigenvalue weighted by molar-refractivity contribution is -0.132. The number of anilines is 1. The van der Waals surface area contributed by atoms with E-state index in [1.54, 1.807) is 11.3 Å². The first-order valence-corrected chi connectivity index (χ1v) is 9.65. The van der Waals surface area contributed by atoms with E-state index in [2.05, 4.69) is 15.0 Å². The number of amides is 1. The highest BCUT2D eigenvalue weighted by Gasteiger charge is 2.36. The van der Waals surface area contributed by atoms with Gasteiger partial charge in [-0.2, -0.15) is 11.8 Å². The van der Waals surface area contributed by atoms with Gasteiger partial charge in [-0.3, -0.25) is 4.79 Å². The lowest BCUT2D eigenvalue weighted by atomic mass is 10.2. The normalized spacial score (nSPS) is 22.7. The maximum absolute atomic E-state index is 12.8. The number of imidazole rings is 1. The summed E-state index contributed by atoms with van der Waals surface area (Å²) in [6.07, 6.45) is 3.92. The summed E-state index contributed by atoms with van der Waals surface area (Å²) >= 11 is 3.51. The van der Waals surface area contributed by atoms with Gasteiger partial charge < -0.3 is 9.80 Å². The number of hydrogen-bond donors (Lipinski definition) is 0. The first-order chi connectivity index (χ1) is 10.7. The smallest absolute Gasteiger partial charge is 0.245 e. The van der Waals surface area contributed by atoms with E-state index in [9.17, 15) is 4.79 Å². The molecule has 2 aromatic rings. The third-order valence-electron chi connectivity index (χ3n) is 4.26. The van der Waals surface area contributed by atoms with Gasteiger partial charge in [-0.1, -0.05) is 11.3 Å². The molecule has 22 heavy (non-hydrogen) atoms. The molecule has 0 bridgehead atoms. The van der Waals surface area contributed by atoms with E-state index in [-0.39, 0.29) is 11.9 Å². The van der Waals surface area contributed by atoms with Crippen molar-refractivity contribution in [3.8, 4) is 0 Å². The van der Waals surface area contributed by atoms with Crippen molar-refractivity contribution in [1.29, 1.82) is 0 Å². The highest BCUT2D eigenvalue weighted by atomic mass is 32.2. The summed E-state index contributed by atoms with van der Waals surface area (Å²) in [5, 5.41) is 5.54. The summed E-state index contributed by atoms with van der Waals surface area (Å²) in [5.41, 5.74) is 0.977. The number of nitrogens with zero attached hydrogens (tertiary/aromatic N) is 5. The van der Waals surface area contributed by atoms with Crippen molar-refractivity contribution >= 4 is 39.1 Å². The Bertz CT molecular complexity index is 659. The van der Waals surface area contributed by atoms with Crippen molar-refractivity contribution < 1.29 is 4.79 Å². The number of hydrogen-bond acceptors (Lipinski definition) is 6. The highest BCUT2D eigenvalue weighted by molar-refractivity contribution is 7.99. The molecule has 1 atom stereocenters. The molecule has 4 rings (SSSR count). The van der Waals surface area contributed by atoms with E-state index in [0.717, 1.165) is 59.8 Å². The number of fused-ring (bicyclic) bond motifs is 1. The molecule has 2 fully saturated rings. The predicted molar refractivity (Wildman–Crippen MR) is 89.9 cm³/mol. The van der Waals surface area contributed by atoms with E-state index >= 15 is 0 Å². The molecule has 0 aliphatic carbocycles. The topological polar surface area (TPSA) is 53.7 Å². The van der Waals surface area contributed by atoms with E-state index in [4.69, 9.17) is 0 Å². The second-order valence-corrected chi connectivity index (χ2v) is 7.94. The van der Waals surface area contributed by atoms with Crippen molar-refractivity contribution in [1.82, 2.24) is 19.5 Å². The van der Waals surface area contributed by atoms with Crippen molar-refractivity contribution in [3.05, 3.63) is 11.9 Å². The summed E-state index contributed by atoms with van der Waals surface area (Å²) < 4.78 is 1.83. The molecule has 2 saturated heterocycles. The van der Waals surface area contributed by atoms with Gasteiger partial charge in [0.15, 0.2) is 0 Å². The summed E-state index contributed by atoms with van der Waals surface area (Å²) in [4.78, 5) is 22.4. The van der Waals surface area contributed by atoms with Crippen LogP contribution in [0.1, 0.15) is 18.5 Å². The second kappa shape index (κ2) is 5.73. The molecule has 2 aliphatic rings. The van der Waals surface area contributed by atoms with Gasteiger partial charge >= 0.3 is 0 Å². The van der Waals surface area contributed by atoms with Gasteiger partial charge in [0.1, 0.15) is 6.04 Å². The van der Waals surface area contributed by atoms with Crippen LogP contribution in [0.25, 0.3) is 4.96 Å². The molecule has 0 saturated carbocycles. The quantitative estimate of drug-likeness (QED) is 0.834. The molecule has 8 heteroatoms. The summed E-state index contributed by atoms with van der Waals surface area (Å²) in [6, 6.07) is -0.0416. The van der Waals surface area contributed by atoms with Crippen LogP contribution < -0.4 is 4.90 Å². The summed E-state index contributed by atoms with van der Waals surface area (Å²) in [7, 11) is 0. The lowest BCUT2D eigenvalue weighted by Crippen LogP contribution is -2.48. The van der Waals surface area contributed by atoms with Crippen LogP contribution in [0.3, 0.4) is 0 Å². The molecule has 0 aromatic carbocycles. The number of carbonyl (C=O) groups is 1. The van der Waals surface area contributed by atoms with E-state index < -0.39 is 0 Å². The molecule has 0 spiro atoms. The Morgan fingerprint density at radius 1 is 1.32 bits per heavy atom. The number of rotatable bonds is 2. The van der Waals surface area contributed by atoms with Gasteiger partial charge in [-0.25, -0.2) is 9.50 Å². The molecule has 2 aromatic heterocycles. The Morgan fingerprint density at radius 3 is 2.91 bits per heavy atom. The fraction of sp³-hybridized carbons (Fsp3) is 0.643. The first kappa shape index (κ1) is 14.3. The van der Waals surface area contributed by atoms with E-state index in [0.29, 0.717) is 0 Å². The standard InChI is InChI=1S/C14H19N5OS2/c1-10-9-19-13(15-10)22-14(16-19)18-4-2-3-11(18)12(20)17-5-7-21-8-6-17/h9,11H,2-8H2,1H3/t11-/m1/s1. The molecule has 4 heterocycles. The Labute approximate surface area is 137 Å². The van der Waals surface area contributed by atoms with E-state index in [1.807, 2.05) is 34.3 Å². The van der Waals surface area contributed by atoms with Crippen molar-refractivity contribution in [3.63, 3.8) is 0 Å².